The molecule has 118 valence electrons. The lowest BCUT2D eigenvalue weighted by Gasteiger charge is -2.04. The third-order valence-corrected chi connectivity index (χ3v) is 3.56. The molecule has 2 aromatic carbocycles. The summed E-state index contributed by atoms with van der Waals surface area (Å²) >= 11 is 6.03. The fourth-order valence-electron chi connectivity index (χ4n) is 2.32. The zero-order valence-corrected chi connectivity index (χ0v) is 13.6. The summed E-state index contributed by atoms with van der Waals surface area (Å²) in [5.41, 5.74) is 1.70. The minimum Gasteiger partial charge on any atom is -0.369 e. The number of rotatable bonds is 4. The summed E-state index contributed by atoms with van der Waals surface area (Å²) in [4.78, 5) is 6.19. The normalized spacial score (nSPS) is 11.5. The van der Waals surface area contributed by atoms with Gasteiger partial charge in [0.25, 0.3) is 0 Å². The first-order valence-electron chi connectivity index (χ1n) is 7.14. The van der Waals surface area contributed by atoms with Crippen molar-refractivity contribution in [2.75, 3.05) is 14.1 Å². The fourth-order valence-corrected chi connectivity index (χ4v) is 2.54. The SMILES string of the molecule is CN(C)C=Nc1nn(Cc2cccc(Cl)c2)c2cc(F)ccc12. The van der Waals surface area contributed by atoms with Crippen LogP contribution in [0.3, 0.4) is 0 Å². The number of benzene rings is 2. The molecule has 0 fully saturated rings. The maximum Gasteiger partial charge on any atom is 0.183 e. The van der Waals surface area contributed by atoms with Crippen LogP contribution in [0.4, 0.5) is 10.2 Å². The second-order valence-corrected chi connectivity index (χ2v) is 5.92. The molecule has 0 saturated carbocycles. The van der Waals surface area contributed by atoms with Gasteiger partial charge < -0.3 is 4.90 Å². The topological polar surface area (TPSA) is 33.4 Å². The standard InChI is InChI=1S/C17H16ClFN4/c1-22(2)11-20-17-15-7-6-14(19)9-16(15)23(21-17)10-12-4-3-5-13(18)8-12/h3-9,11H,10H2,1-2H3. The van der Waals surface area contributed by atoms with Crippen LogP contribution >= 0.6 is 11.6 Å². The van der Waals surface area contributed by atoms with E-state index in [1.807, 2.05) is 43.3 Å². The Kier molecular flexibility index (Phi) is 4.30. The molecule has 0 aliphatic rings. The van der Waals surface area contributed by atoms with Gasteiger partial charge in [0.1, 0.15) is 5.82 Å². The van der Waals surface area contributed by atoms with Gasteiger partial charge >= 0.3 is 0 Å². The van der Waals surface area contributed by atoms with Gasteiger partial charge in [-0.1, -0.05) is 23.7 Å². The molecular weight excluding hydrogens is 315 g/mol. The minimum absolute atomic E-state index is 0.298. The van der Waals surface area contributed by atoms with Crippen molar-refractivity contribution >= 4 is 34.7 Å². The molecule has 0 amide bonds. The number of hydrogen-bond acceptors (Lipinski definition) is 2. The van der Waals surface area contributed by atoms with Crippen LogP contribution < -0.4 is 0 Å². The third kappa shape index (κ3) is 3.51. The lowest BCUT2D eigenvalue weighted by Crippen LogP contribution is -2.07. The van der Waals surface area contributed by atoms with E-state index < -0.39 is 0 Å². The van der Waals surface area contributed by atoms with Gasteiger partial charge in [-0.15, -0.1) is 0 Å². The minimum atomic E-state index is -0.298. The summed E-state index contributed by atoms with van der Waals surface area (Å²) < 4.78 is 15.4. The number of hydrogen-bond donors (Lipinski definition) is 0. The smallest absolute Gasteiger partial charge is 0.183 e. The van der Waals surface area contributed by atoms with Crippen LogP contribution in [0.25, 0.3) is 10.9 Å². The van der Waals surface area contributed by atoms with Gasteiger partial charge in [0.05, 0.1) is 18.4 Å². The van der Waals surface area contributed by atoms with Crippen molar-refractivity contribution in [3.63, 3.8) is 0 Å². The van der Waals surface area contributed by atoms with Crippen molar-refractivity contribution < 1.29 is 4.39 Å². The molecular formula is C17H16ClFN4. The first-order chi connectivity index (χ1) is 11.0. The molecule has 0 aliphatic heterocycles. The van der Waals surface area contributed by atoms with Gasteiger partial charge in [0, 0.05) is 24.5 Å². The van der Waals surface area contributed by atoms with Crippen LogP contribution in [0.1, 0.15) is 5.56 Å². The number of fused-ring (bicyclic) bond motifs is 1. The molecule has 0 unspecified atom stereocenters. The van der Waals surface area contributed by atoms with Crippen LogP contribution in [0.15, 0.2) is 47.5 Å². The molecule has 0 aliphatic carbocycles. The van der Waals surface area contributed by atoms with Crippen LogP contribution in [0, 0.1) is 5.82 Å². The van der Waals surface area contributed by atoms with Crippen molar-refractivity contribution in [2.45, 2.75) is 6.54 Å². The van der Waals surface area contributed by atoms with E-state index >= 15 is 0 Å². The first kappa shape index (κ1) is 15.5. The van der Waals surface area contributed by atoms with Crippen molar-refractivity contribution in [3.05, 3.63) is 58.9 Å². The molecule has 0 radical (unpaired) electrons. The predicted octanol–water partition coefficient (Wildman–Crippen LogP) is 4.10. The molecule has 6 heteroatoms. The van der Waals surface area contributed by atoms with Gasteiger partial charge in [-0.2, -0.15) is 5.10 Å². The van der Waals surface area contributed by atoms with Gasteiger partial charge in [-0.3, -0.25) is 4.68 Å². The highest BCUT2D eigenvalue weighted by Crippen LogP contribution is 2.27. The number of aromatic nitrogens is 2. The molecule has 1 aromatic heterocycles. The summed E-state index contributed by atoms with van der Waals surface area (Å²) in [7, 11) is 3.77. The highest BCUT2D eigenvalue weighted by Gasteiger charge is 2.11. The fraction of sp³-hybridized carbons (Fsp3) is 0.176. The lowest BCUT2D eigenvalue weighted by atomic mass is 10.2. The van der Waals surface area contributed by atoms with E-state index in [0.717, 1.165) is 10.9 Å². The molecule has 1 heterocycles. The molecule has 0 spiro atoms. The van der Waals surface area contributed by atoms with E-state index in [1.165, 1.54) is 12.1 Å². The highest BCUT2D eigenvalue weighted by molar-refractivity contribution is 6.30. The number of halogens is 2. The summed E-state index contributed by atoms with van der Waals surface area (Å²) in [6.07, 6.45) is 1.68. The molecule has 3 rings (SSSR count). The molecule has 0 bridgehead atoms. The van der Waals surface area contributed by atoms with Gasteiger partial charge in [-0.25, -0.2) is 9.38 Å². The molecule has 0 atom stereocenters. The first-order valence-corrected chi connectivity index (χ1v) is 7.52. The molecule has 0 N–H and O–H groups in total. The van der Waals surface area contributed by atoms with E-state index in [0.29, 0.717) is 22.9 Å². The zero-order chi connectivity index (χ0) is 16.4. The predicted molar refractivity (Wildman–Crippen MR) is 92.1 cm³/mol. The lowest BCUT2D eigenvalue weighted by molar-refractivity contribution is 0.626. The van der Waals surface area contributed by atoms with E-state index in [4.69, 9.17) is 11.6 Å². The van der Waals surface area contributed by atoms with Crippen LogP contribution in [0.5, 0.6) is 0 Å². The Morgan fingerprint density at radius 2 is 2.09 bits per heavy atom. The Labute approximate surface area is 138 Å². The van der Waals surface area contributed by atoms with E-state index in [2.05, 4.69) is 10.1 Å². The van der Waals surface area contributed by atoms with Crippen molar-refractivity contribution in [2.24, 2.45) is 4.99 Å². The summed E-state index contributed by atoms with van der Waals surface area (Å²) in [5, 5.41) is 5.98. The molecule has 23 heavy (non-hydrogen) atoms. The second kappa shape index (κ2) is 6.38. The van der Waals surface area contributed by atoms with Crippen LogP contribution in [-0.2, 0) is 6.54 Å². The maximum absolute atomic E-state index is 13.6. The third-order valence-electron chi connectivity index (χ3n) is 3.33. The summed E-state index contributed by atoms with van der Waals surface area (Å²) in [6.45, 7) is 0.498. The molecule has 4 nitrogen and oxygen atoms in total. The van der Waals surface area contributed by atoms with Crippen LogP contribution in [0.2, 0.25) is 5.02 Å². The van der Waals surface area contributed by atoms with Gasteiger partial charge in [-0.05, 0) is 35.9 Å². The molecule has 0 saturated heterocycles. The Balaban J connectivity index is 2.07. The Morgan fingerprint density at radius 3 is 2.83 bits per heavy atom. The Bertz CT molecular complexity index is 870. The quantitative estimate of drug-likeness (QED) is 0.533. The van der Waals surface area contributed by atoms with E-state index in [-0.39, 0.29) is 5.82 Å². The van der Waals surface area contributed by atoms with E-state index in [1.54, 1.807) is 17.1 Å². The number of aliphatic imine (C=N–C) groups is 1. The van der Waals surface area contributed by atoms with Crippen LogP contribution in [-0.4, -0.2) is 35.1 Å². The Morgan fingerprint density at radius 1 is 1.26 bits per heavy atom. The summed E-state index contributed by atoms with van der Waals surface area (Å²) in [5.74, 6) is 0.267. The number of nitrogens with zero attached hydrogens (tertiary/aromatic N) is 4. The van der Waals surface area contributed by atoms with Crippen molar-refractivity contribution in [1.82, 2.24) is 14.7 Å². The average molecular weight is 331 g/mol. The second-order valence-electron chi connectivity index (χ2n) is 5.48. The van der Waals surface area contributed by atoms with Crippen molar-refractivity contribution in [1.29, 1.82) is 0 Å². The highest BCUT2D eigenvalue weighted by atomic mass is 35.5. The van der Waals surface area contributed by atoms with Gasteiger partial charge in [0.2, 0.25) is 0 Å². The monoisotopic (exact) mass is 330 g/mol. The zero-order valence-electron chi connectivity index (χ0n) is 12.9. The van der Waals surface area contributed by atoms with Crippen molar-refractivity contribution in [3.8, 4) is 0 Å². The average Bonchev–Trinajstić information content (AvgIpc) is 2.82. The van der Waals surface area contributed by atoms with E-state index in [9.17, 15) is 4.39 Å². The Hall–Kier alpha value is -2.40. The molecule has 3 aromatic rings. The van der Waals surface area contributed by atoms with Gasteiger partial charge in [0.15, 0.2) is 5.82 Å². The maximum atomic E-state index is 13.6. The largest absolute Gasteiger partial charge is 0.369 e. The summed E-state index contributed by atoms with van der Waals surface area (Å²) in [6, 6.07) is 12.1.